The summed E-state index contributed by atoms with van der Waals surface area (Å²) in [7, 11) is 0. The lowest BCUT2D eigenvalue weighted by Gasteiger charge is -2.15. The molecule has 0 bridgehead atoms. The van der Waals surface area contributed by atoms with Crippen LogP contribution in [0.1, 0.15) is 5.56 Å². The first-order valence-electron chi connectivity index (χ1n) is 4.51. The summed E-state index contributed by atoms with van der Waals surface area (Å²) >= 11 is 6.95. The molecule has 0 aliphatic carbocycles. The van der Waals surface area contributed by atoms with E-state index in [1.165, 1.54) is 5.56 Å². The average molecular weight is 221 g/mol. The van der Waals surface area contributed by atoms with E-state index >= 15 is 0 Å². The molecule has 1 aliphatic heterocycles. The molecule has 0 saturated heterocycles. The molecule has 3 heteroatoms. The molecule has 0 fully saturated rings. The molecule has 2 rings (SSSR count). The summed E-state index contributed by atoms with van der Waals surface area (Å²) < 4.78 is 2.14. The predicted octanol–water partition coefficient (Wildman–Crippen LogP) is 3.03. The van der Waals surface area contributed by atoms with Gasteiger partial charge in [-0.2, -0.15) is 0 Å². The average Bonchev–Trinajstić information content (AvgIpc) is 2.63. The van der Waals surface area contributed by atoms with Gasteiger partial charge in [0.1, 0.15) is 4.99 Å². The topological polar surface area (TPSA) is 3.24 Å². The van der Waals surface area contributed by atoms with Crippen molar-refractivity contribution in [3.8, 4) is 0 Å². The van der Waals surface area contributed by atoms with Crippen LogP contribution in [-0.4, -0.2) is 15.8 Å². The van der Waals surface area contributed by atoms with Crippen LogP contribution in [0.4, 0.5) is 0 Å². The summed E-state index contributed by atoms with van der Waals surface area (Å²) in [5, 5.41) is 0. The molecule has 1 aromatic rings. The van der Waals surface area contributed by atoms with Crippen LogP contribution >= 0.6 is 24.2 Å². The van der Waals surface area contributed by atoms with Crippen LogP contribution < -0.4 is 0 Å². The Morgan fingerprint density at radius 3 is 2.71 bits per heavy atom. The zero-order chi connectivity index (χ0) is 9.80. The van der Waals surface area contributed by atoms with Gasteiger partial charge in [-0.15, -0.1) is 0 Å². The van der Waals surface area contributed by atoms with Crippen LogP contribution in [0, 0.1) is 0 Å². The Morgan fingerprint density at radius 1 is 1.29 bits per heavy atom. The summed E-state index contributed by atoms with van der Waals surface area (Å²) in [5.41, 5.74) is 1.34. The summed E-state index contributed by atoms with van der Waals surface area (Å²) in [6, 6.07) is 10.4. The first kappa shape index (κ1) is 9.74. The van der Waals surface area contributed by atoms with Gasteiger partial charge < -0.3 is 4.31 Å². The standard InChI is InChI=1S/C11H11NS2/c13-11-7-4-8-12(11)14-9-10-5-2-1-3-6-10/h1-7H,8-9H2. The van der Waals surface area contributed by atoms with Gasteiger partial charge >= 0.3 is 0 Å². The first-order valence-corrected chi connectivity index (χ1v) is 5.86. The maximum Gasteiger partial charge on any atom is 0.111 e. The van der Waals surface area contributed by atoms with E-state index in [9.17, 15) is 0 Å². The highest BCUT2D eigenvalue weighted by molar-refractivity contribution is 7.97. The van der Waals surface area contributed by atoms with Crippen molar-refractivity contribution >= 4 is 29.2 Å². The van der Waals surface area contributed by atoms with Crippen molar-refractivity contribution in [3.05, 3.63) is 48.0 Å². The van der Waals surface area contributed by atoms with E-state index in [1.807, 2.05) is 12.1 Å². The molecule has 0 unspecified atom stereocenters. The van der Waals surface area contributed by atoms with Gasteiger partial charge in [-0.1, -0.05) is 48.6 Å². The monoisotopic (exact) mass is 221 g/mol. The van der Waals surface area contributed by atoms with Crippen molar-refractivity contribution in [2.24, 2.45) is 0 Å². The smallest absolute Gasteiger partial charge is 0.111 e. The number of nitrogens with zero attached hydrogens (tertiary/aromatic N) is 1. The predicted molar refractivity (Wildman–Crippen MR) is 66.2 cm³/mol. The minimum absolute atomic E-state index is 0.936. The van der Waals surface area contributed by atoms with Gasteiger partial charge in [-0.3, -0.25) is 0 Å². The molecule has 0 spiro atoms. The molecule has 0 radical (unpaired) electrons. The second-order valence-electron chi connectivity index (χ2n) is 3.06. The Bertz CT molecular complexity index is 346. The number of hydrogen-bond donors (Lipinski definition) is 0. The van der Waals surface area contributed by atoms with Crippen molar-refractivity contribution in [1.82, 2.24) is 4.31 Å². The SMILES string of the molecule is S=C1C=CCN1SCc1ccccc1. The van der Waals surface area contributed by atoms with Crippen LogP contribution in [0.5, 0.6) is 0 Å². The van der Waals surface area contributed by atoms with Crippen LogP contribution in [0.25, 0.3) is 0 Å². The van der Waals surface area contributed by atoms with E-state index in [1.54, 1.807) is 11.9 Å². The van der Waals surface area contributed by atoms with Crippen molar-refractivity contribution in [1.29, 1.82) is 0 Å². The maximum atomic E-state index is 5.17. The zero-order valence-corrected chi connectivity index (χ0v) is 9.35. The largest absolute Gasteiger partial charge is 0.303 e. The number of thiocarbonyl (C=S) groups is 1. The lowest BCUT2D eigenvalue weighted by Crippen LogP contribution is -2.15. The molecule has 14 heavy (non-hydrogen) atoms. The third-order valence-corrected chi connectivity index (χ3v) is 3.60. The molecule has 0 saturated carbocycles. The maximum absolute atomic E-state index is 5.17. The molecule has 1 nitrogen and oxygen atoms in total. The van der Waals surface area contributed by atoms with Crippen LogP contribution in [-0.2, 0) is 5.75 Å². The lowest BCUT2D eigenvalue weighted by atomic mass is 10.2. The van der Waals surface area contributed by atoms with E-state index in [2.05, 4.69) is 34.6 Å². The second-order valence-corrected chi connectivity index (χ2v) is 4.47. The van der Waals surface area contributed by atoms with Crippen molar-refractivity contribution in [2.75, 3.05) is 6.54 Å². The third-order valence-electron chi connectivity index (χ3n) is 2.01. The fourth-order valence-electron chi connectivity index (χ4n) is 1.27. The summed E-state index contributed by atoms with van der Waals surface area (Å²) in [6.45, 7) is 0.941. The molecule has 0 atom stereocenters. The normalized spacial score (nSPS) is 15.1. The van der Waals surface area contributed by atoms with Crippen LogP contribution in [0.15, 0.2) is 42.5 Å². The summed E-state index contributed by atoms with van der Waals surface area (Å²) in [6.07, 6.45) is 4.09. The van der Waals surface area contributed by atoms with Gasteiger partial charge in [0.2, 0.25) is 0 Å². The van der Waals surface area contributed by atoms with Gasteiger partial charge in [0.25, 0.3) is 0 Å². The van der Waals surface area contributed by atoms with Gasteiger partial charge in [-0.25, -0.2) is 0 Å². The quantitative estimate of drug-likeness (QED) is 0.570. The van der Waals surface area contributed by atoms with Gasteiger partial charge in [0.15, 0.2) is 0 Å². The van der Waals surface area contributed by atoms with E-state index in [-0.39, 0.29) is 0 Å². The lowest BCUT2D eigenvalue weighted by molar-refractivity contribution is 0.798. The van der Waals surface area contributed by atoms with Gasteiger partial charge in [0, 0.05) is 12.3 Å². The van der Waals surface area contributed by atoms with E-state index in [4.69, 9.17) is 12.2 Å². The third kappa shape index (κ3) is 2.36. The zero-order valence-electron chi connectivity index (χ0n) is 7.72. The van der Waals surface area contributed by atoms with Crippen LogP contribution in [0.2, 0.25) is 0 Å². The molecule has 0 amide bonds. The Morgan fingerprint density at radius 2 is 2.07 bits per heavy atom. The second kappa shape index (κ2) is 4.62. The summed E-state index contributed by atoms with van der Waals surface area (Å²) in [4.78, 5) is 0.936. The fraction of sp³-hybridized carbons (Fsp3) is 0.182. The van der Waals surface area contributed by atoms with E-state index in [0.717, 1.165) is 17.3 Å². The Hall–Kier alpha value is -0.800. The highest BCUT2D eigenvalue weighted by Crippen LogP contribution is 2.20. The van der Waals surface area contributed by atoms with E-state index < -0.39 is 0 Å². The molecule has 72 valence electrons. The number of rotatable bonds is 3. The summed E-state index contributed by atoms with van der Waals surface area (Å²) in [5.74, 6) is 0.989. The highest BCUT2D eigenvalue weighted by Gasteiger charge is 2.10. The van der Waals surface area contributed by atoms with Crippen molar-refractivity contribution in [2.45, 2.75) is 5.75 Å². The van der Waals surface area contributed by atoms with Gasteiger partial charge in [-0.05, 0) is 23.6 Å². The Kier molecular flexibility index (Phi) is 3.22. The molecule has 1 aromatic carbocycles. The highest BCUT2D eigenvalue weighted by atomic mass is 32.2. The van der Waals surface area contributed by atoms with Gasteiger partial charge in [0.05, 0.1) is 0 Å². The first-order chi connectivity index (χ1) is 6.86. The molecule has 1 aliphatic rings. The molecule has 1 heterocycles. The molecular weight excluding hydrogens is 210 g/mol. The number of hydrogen-bond acceptors (Lipinski definition) is 2. The Labute approximate surface area is 93.9 Å². The number of benzene rings is 1. The minimum Gasteiger partial charge on any atom is -0.303 e. The fourth-order valence-corrected chi connectivity index (χ4v) is 2.47. The van der Waals surface area contributed by atoms with Crippen molar-refractivity contribution < 1.29 is 0 Å². The van der Waals surface area contributed by atoms with Crippen molar-refractivity contribution in [3.63, 3.8) is 0 Å². The van der Waals surface area contributed by atoms with Crippen LogP contribution in [0.3, 0.4) is 0 Å². The molecular formula is C11H11NS2. The Balaban J connectivity index is 1.86. The minimum atomic E-state index is 0.936. The van der Waals surface area contributed by atoms with E-state index in [0.29, 0.717) is 0 Å². The molecule has 0 N–H and O–H groups in total. The molecule has 0 aromatic heterocycles.